The Hall–Kier alpha value is -0.310. The molecule has 17 heavy (non-hydrogen) atoms. The zero-order chi connectivity index (χ0) is 12.4. The van der Waals surface area contributed by atoms with E-state index in [0.29, 0.717) is 28.4 Å². The summed E-state index contributed by atoms with van der Waals surface area (Å²) in [5.41, 5.74) is 0.654. The second kappa shape index (κ2) is 5.55. The molecule has 0 aromatic heterocycles. The van der Waals surface area contributed by atoms with Crippen LogP contribution in [0.2, 0.25) is 5.02 Å². The van der Waals surface area contributed by atoms with Crippen LogP contribution in [0.3, 0.4) is 0 Å². The van der Waals surface area contributed by atoms with Crippen LogP contribution in [0.1, 0.15) is 18.4 Å². The predicted octanol–water partition coefficient (Wildman–Crippen LogP) is 3.93. The zero-order valence-electron chi connectivity index (χ0n) is 9.80. The van der Waals surface area contributed by atoms with E-state index >= 15 is 0 Å². The Morgan fingerprint density at radius 1 is 1.41 bits per heavy atom. The van der Waals surface area contributed by atoms with E-state index in [-0.39, 0.29) is 5.82 Å². The first-order valence-corrected chi connectivity index (χ1v) is 6.62. The van der Waals surface area contributed by atoms with Gasteiger partial charge in [0.2, 0.25) is 0 Å². The molecule has 1 fully saturated rings. The van der Waals surface area contributed by atoms with E-state index < -0.39 is 0 Å². The molecule has 1 aliphatic rings. The number of benzene rings is 1. The highest BCUT2D eigenvalue weighted by Gasteiger charge is 2.27. The van der Waals surface area contributed by atoms with Gasteiger partial charge in [-0.05, 0) is 44.0 Å². The first-order valence-electron chi connectivity index (χ1n) is 5.81. The van der Waals surface area contributed by atoms with Crippen molar-refractivity contribution in [2.45, 2.75) is 24.8 Å². The van der Waals surface area contributed by atoms with Crippen LogP contribution in [-0.4, -0.2) is 23.9 Å². The molecule has 0 N–H and O–H groups in total. The van der Waals surface area contributed by atoms with Gasteiger partial charge >= 0.3 is 0 Å². The van der Waals surface area contributed by atoms with Crippen LogP contribution >= 0.6 is 23.2 Å². The Bertz CT molecular complexity index is 391. The molecule has 0 heterocycles. The molecule has 0 amide bonds. The fourth-order valence-electron chi connectivity index (χ4n) is 2.26. The van der Waals surface area contributed by atoms with Crippen LogP contribution in [-0.2, 0) is 6.54 Å². The van der Waals surface area contributed by atoms with Crippen LogP contribution in [0.15, 0.2) is 18.2 Å². The van der Waals surface area contributed by atoms with E-state index in [4.69, 9.17) is 23.2 Å². The van der Waals surface area contributed by atoms with E-state index in [1.807, 2.05) is 7.05 Å². The van der Waals surface area contributed by atoms with E-state index in [2.05, 4.69) is 4.90 Å². The number of nitrogens with zero attached hydrogens (tertiary/aromatic N) is 1. The monoisotopic (exact) mass is 275 g/mol. The first-order chi connectivity index (χ1) is 8.04. The van der Waals surface area contributed by atoms with Crippen LogP contribution in [0.25, 0.3) is 0 Å². The minimum Gasteiger partial charge on any atom is -0.302 e. The first kappa shape index (κ1) is 13.1. The minimum atomic E-state index is -0.190. The predicted molar refractivity (Wildman–Crippen MR) is 70.1 cm³/mol. The fraction of sp³-hybridized carbons (Fsp3) is 0.538. The van der Waals surface area contributed by atoms with Gasteiger partial charge in [0.25, 0.3) is 0 Å². The topological polar surface area (TPSA) is 3.24 Å². The van der Waals surface area contributed by atoms with Crippen molar-refractivity contribution in [2.75, 3.05) is 13.6 Å². The molecule has 1 saturated carbocycles. The normalized spacial score (nSPS) is 23.8. The molecule has 0 unspecified atom stereocenters. The van der Waals surface area contributed by atoms with Gasteiger partial charge in [-0.15, -0.1) is 11.6 Å². The SMILES string of the molecule is CN(Cc1cc(Cl)ccc1F)CC1CC(Cl)C1. The Morgan fingerprint density at radius 3 is 2.76 bits per heavy atom. The van der Waals surface area contributed by atoms with Crippen LogP contribution in [0.4, 0.5) is 4.39 Å². The van der Waals surface area contributed by atoms with Crippen LogP contribution in [0, 0.1) is 11.7 Å². The van der Waals surface area contributed by atoms with Crippen molar-refractivity contribution < 1.29 is 4.39 Å². The molecule has 1 aromatic carbocycles. The summed E-state index contributed by atoms with van der Waals surface area (Å²) in [6.45, 7) is 1.56. The maximum absolute atomic E-state index is 13.5. The highest BCUT2D eigenvalue weighted by atomic mass is 35.5. The molecule has 1 aromatic rings. The molecule has 2 rings (SSSR count). The van der Waals surface area contributed by atoms with Crippen molar-refractivity contribution in [1.29, 1.82) is 0 Å². The number of hydrogen-bond acceptors (Lipinski definition) is 1. The van der Waals surface area contributed by atoms with Gasteiger partial charge in [-0.2, -0.15) is 0 Å². The molecule has 4 heteroatoms. The van der Waals surface area contributed by atoms with Crippen LogP contribution in [0.5, 0.6) is 0 Å². The summed E-state index contributed by atoms with van der Waals surface area (Å²) in [5.74, 6) is 0.467. The molecule has 0 spiro atoms. The minimum absolute atomic E-state index is 0.190. The lowest BCUT2D eigenvalue weighted by atomic mass is 9.84. The average Bonchev–Trinajstić information content (AvgIpc) is 2.21. The van der Waals surface area contributed by atoms with Gasteiger partial charge in [-0.25, -0.2) is 4.39 Å². The molecule has 0 radical (unpaired) electrons. The molecule has 1 nitrogen and oxygen atoms in total. The van der Waals surface area contributed by atoms with Gasteiger partial charge < -0.3 is 4.90 Å². The van der Waals surface area contributed by atoms with Crippen molar-refractivity contribution in [3.05, 3.63) is 34.6 Å². The lowest BCUT2D eigenvalue weighted by Gasteiger charge is -2.34. The summed E-state index contributed by atoms with van der Waals surface area (Å²) in [5, 5.41) is 0.926. The van der Waals surface area contributed by atoms with Crippen molar-refractivity contribution in [3.63, 3.8) is 0 Å². The lowest BCUT2D eigenvalue weighted by molar-refractivity contribution is 0.202. The smallest absolute Gasteiger partial charge is 0.127 e. The Morgan fingerprint density at radius 2 is 2.12 bits per heavy atom. The quantitative estimate of drug-likeness (QED) is 0.753. The molecule has 1 aliphatic carbocycles. The Kier molecular flexibility index (Phi) is 4.29. The van der Waals surface area contributed by atoms with Gasteiger partial charge in [0.15, 0.2) is 0 Å². The molecular formula is C13H16Cl2FN. The van der Waals surface area contributed by atoms with Crippen LogP contribution < -0.4 is 0 Å². The van der Waals surface area contributed by atoms with E-state index in [1.165, 1.54) is 6.07 Å². The highest BCUT2D eigenvalue weighted by Crippen LogP contribution is 2.32. The summed E-state index contributed by atoms with van der Waals surface area (Å²) in [6.07, 6.45) is 2.15. The molecule has 94 valence electrons. The summed E-state index contributed by atoms with van der Waals surface area (Å²) in [4.78, 5) is 2.13. The fourth-order valence-corrected chi connectivity index (χ4v) is 2.96. The molecule has 0 bridgehead atoms. The number of hydrogen-bond donors (Lipinski definition) is 0. The summed E-state index contributed by atoms with van der Waals surface area (Å²) in [6, 6.07) is 4.69. The Labute approximate surface area is 112 Å². The third-order valence-electron chi connectivity index (χ3n) is 3.20. The molecule has 0 atom stereocenters. The second-order valence-electron chi connectivity index (χ2n) is 4.87. The molecule has 0 saturated heterocycles. The molecular weight excluding hydrogens is 260 g/mol. The van der Waals surface area contributed by atoms with Crippen molar-refractivity contribution in [1.82, 2.24) is 4.90 Å². The van der Waals surface area contributed by atoms with Crippen molar-refractivity contribution in [2.24, 2.45) is 5.92 Å². The maximum Gasteiger partial charge on any atom is 0.127 e. The Balaban J connectivity index is 1.89. The third kappa shape index (κ3) is 3.57. The summed E-state index contributed by atoms with van der Waals surface area (Å²) < 4.78 is 13.5. The summed E-state index contributed by atoms with van der Waals surface area (Å²) in [7, 11) is 2.00. The second-order valence-corrected chi connectivity index (χ2v) is 5.92. The third-order valence-corrected chi connectivity index (χ3v) is 3.79. The number of halogens is 3. The average molecular weight is 276 g/mol. The number of alkyl halides is 1. The van der Waals surface area contributed by atoms with Gasteiger partial charge in [0.1, 0.15) is 5.82 Å². The van der Waals surface area contributed by atoms with E-state index in [1.54, 1.807) is 12.1 Å². The maximum atomic E-state index is 13.5. The largest absolute Gasteiger partial charge is 0.302 e. The zero-order valence-corrected chi connectivity index (χ0v) is 11.3. The number of rotatable bonds is 4. The van der Waals surface area contributed by atoms with Gasteiger partial charge in [0.05, 0.1) is 0 Å². The molecule has 0 aliphatic heterocycles. The van der Waals surface area contributed by atoms with Crippen molar-refractivity contribution >= 4 is 23.2 Å². The lowest BCUT2D eigenvalue weighted by Crippen LogP contribution is -2.34. The standard InChI is InChI=1S/C13H16Cl2FN/c1-17(7-9-4-12(15)5-9)8-10-6-11(14)2-3-13(10)16/h2-3,6,9,12H,4-5,7-8H2,1H3. The van der Waals surface area contributed by atoms with E-state index in [0.717, 1.165) is 19.4 Å². The van der Waals surface area contributed by atoms with Gasteiger partial charge in [0, 0.05) is 29.1 Å². The van der Waals surface area contributed by atoms with Gasteiger partial charge in [-0.3, -0.25) is 0 Å². The summed E-state index contributed by atoms with van der Waals surface area (Å²) >= 11 is 11.8. The van der Waals surface area contributed by atoms with Gasteiger partial charge in [-0.1, -0.05) is 11.6 Å². The van der Waals surface area contributed by atoms with E-state index in [9.17, 15) is 4.39 Å². The van der Waals surface area contributed by atoms with Crippen molar-refractivity contribution in [3.8, 4) is 0 Å². The highest BCUT2D eigenvalue weighted by molar-refractivity contribution is 6.30.